The van der Waals surface area contributed by atoms with Crippen molar-refractivity contribution in [2.45, 2.75) is 24.6 Å². The highest BCUT2D eigenvalue weighted by Gasteiger charge is 2.48. The van der Waals surface area contributed by atoms with Crippen LogP contribution in [0.15, 0.2) is 53.6 Å². The van der Waals surface area contributed by atoms with Crippen molar-refractivity contribution >= 4 is 22.7 Å². The van der Waals surface area contributed by atoms with Gasteiger partial charge in [-0.2, -0.15) is 5.10 Å². The summed E-state index contributed by atoms with van der Waals surface area (Å²) in [5.74, 6) is -1.36. The number of fused-ring (bicyclic) bond motifs is 2. The number of thioether (sulfide) groups is 1. The predicted molar refractivity (Wildman–Crippen MR) is 97.3 cm³/mol. The van der Waals surface area contributed by atoms with E-state index in [0.29, 0.717) is 17.9 Å². The summed E-state index contributed by atoms with van der Waals surface area (Å²) in [6.07, 6.45) is 6.48. The molecule has 4 rings (SSSR count). The van der Waals surface area contributed by atoms with E-state index in [9.17, 15) is 13.6 Å². The molecule has 1 heterocycles. The van der Waals surface area contributed by atoms with Gasteiger partial charge in [0.1, 0.15) is 21.5 Å². The first-order valence-electron chi connectivity index (χ1n) is 8.23. The summed E-state index contributed by atoms with van der Waals surface area (Å²) in [5.41, 5.74) is 1.83. The maximum absolute atomic E-state index is 14.3. The Morgan fingerprint density at radius 3 is 2.88 bits per heavy atom. The summed E-state index contributed by atoms with van der Waals surface area (Å²) in [6, 6.07) is 10.9. The van der Waals surface area contributed by atoms with Gasteiger partial charge in [-0.05, 0) is 48.2 Å². The normalized spacial score (nSPS) is 21.5. The van der Waals surface area contributed by atoms with E-state index in [1.54, 1.807) is 0 Å². The molecule has 3 nitrogen and oxygen atoms in total. The molecule has 0 bridgehead atoms. The number of halogens is 2. The van der Waals surface area contributed by atoms with Crippen molar-refractivity contribution in [3.05, 3.63) is 82.9 Å². The molecule has 1 atom stereocenters. The molecule has 0 saturated heterocycles. The molecule has 2 aliphatic rings. The molecule has 1 aliphatic heterocycles. The number of amides is 1. The summed E-state index contributed by atoms with van der Waals surface area (Å²) in [4.78, 5) is 11.6. The van der Waals surface area contributed by atoms with E-state index >= 15 is 0 Å². The number of carbonyl (C=O) groups excluding carboxylic acids is 1. The molecule has 0 fully saturated rings. The minimum atomic E-state index is -0.795. The quantitative estimate of drug-likeness (QED) is 0.737. The maximum Gasteiger partial charge on any atom is 0.241 e. The van der Waals surface area contributed by atoms with E-state index in [1.807, 2.05) is 30.3 Å². The highest BCUT2D eigenvalue weighted by atomic mass is 32.2. The first-order chi connectivity index (χ1) is 12.5. The van der Waals surface area contributed by atoms with Crippen LogP contribution in [0.25, 0.3) is 0 Å². The molecule has 1 spiro atoms. The van der Waals surface area contributed by atoms with E-state index in [4.69, 9.17) is 0 Å². The van der Waals surface area contributed by atoms with Gasteiger partial charge in [-0.15, -0.1) is 0 Å². The standard InChI is InChI=1S/C20H15F2N2OS/c1-13(25)24-20(11-5-4-7-14-6-2-3-8-17(14)20)26-19(23-24)16-12-15(21)9-10-18(16)22/h2-4,6,8-10,12H,5,11H2,1H3/t20-/m1/s1. The molecule has 0 N–H and O–H groups in total. The minimum Gasteiger partial charge on any atom is -0.273 e. The van der Waals surface area contributed by atoms with E-state index in [2.05, 4.69) is 11.2 Å². The summed E-state index contributed by atoms with van der Waals surface area (Å²) in [5, 5.41) is 6.09. The van der Waals surface area contributed by atoms with Gasteiger partial charge in [0.15, 0.2) is 0 Å². The number of hydrogen-bond acceptors (Lipinski definition) is 3. The number of benzene rings is 2. The Morgan fingerprint density at radius 1 is 1.27 bits per heavy atom. The molecule has 1 aliphatic carbocycles. The molecule has 2 aromatic rings. The van der Waals surface area contributed by atoms with E-state index in [-0.39, 0.29) is 11.5 Å². The van der Waals surface area contributed by atoms with E-state index in [1.165, 1.54) is 23.7 Å². The molecule has 2 aromatic carbocycles. The van der Waals surface area contributed by atoms with Crippen LogP contribution >= 0.6 is 11.8 Å². The summed E-state index contributed by atoms with van der Waals surface area (Å²) >= 11 is 1.29. The van der Waals surface area contributed by atoms with E-state index in [0.717, 1.165) is 29.3 Å². The second kappa shape index (κ2) is 6.36. The third-order valence-corrected chi connectivity index (χ3v) is 5.92. The van der Waals surface area contributed by atoms with Crippen molar-refractivity contribution in [1.82, 2.24) is 5.01 Å². The summed E-state index contributed by atoms with van der Waals surface area (Å²) in [7, 11) is 0. The molecule has 0 unspecified atom stereocenters. The number of hydrogen-bond donors (Lipinski definition) is 0. The van der Waals surface area contributed by atoms with Crippen LogP contribution in [-0.4, -0.2) is 16.0 Å². The van der Waals surface area contributed by atoms with Crippen LogP contribution in [-0.2, 0) is 9.67 Å². The van der Waals surface area contributed by atoms with Crippen molar-refractivity contribution in [2.24, 2.45) is 5.10 Å². The van der Waals surface area contributed by atoms with Gasteiger partial charge in [-0.3, -0.25) is 4.79 Å². The second-order valence-electron chi connectivity index (χ2n) is 6.18. The SMILES string of the molecule is CC(=O)N1N=C(c2cc(F)ccc2F)S[C@@]12CCC=[C]c1ccccc12. The lowest BCUT2D eigenvalue weighted by Crippen LogP contribution is -2.40. The summed E-state index contributed by atoms with van der Waals surface area (Å²) < 4.78 is 28.0. The third-order valence-electron chi connectivity index (χ3n) is 4.49. The lowest BCUT2D eigenvalue weighted by atomic mass is 9.98. The fourth-order valence-corrected chi connectivity index (χ4v) is 4.82. The zero-order valence-corrected chi connectivity index (χ0v) is 14.8. The van der Waals surface area contributed by atoms with E-state index < -0.39 is 16.5 Å². The monoisotopic (exact) mass is 369 g/mol. The Morgan fingerprint density at radius 2 is 2.08 bits per heavy atom. The summed E-state index contributed by atoms with van der Waals surface area (Å²) in [6.45, 7) is 1.43. The average Bonchev–Trinajstić information content (AvgIpc) is 2.92. The Bertz CT molecular complexity index is 957. The van der Waals surface area contributed by atoms with Gasteiger partial charge in [0.2, 0.25) is 5.91 Å². The van der Waals surface area contributed by atoms with Crippen LogP contribution in [0.5, 0.6) is 0 Å². The molecule has 131 valence electrons. The van der Waals surface area contributed by atoms with Crippen molar-refractivity contribution in [2.75, 3.05) is 0 Å². The predicted octanol–water partition coefficient (Wildman–Crippen LogP) is 4.58. The van der Waals surface area contributed by atoms with Gasteiger partial charge in [-0.1, -0.05) is 42.1 Å². The first kappa shape index (κ1) is 17.0. The number of carbonyl (C=O) groups is 1. The van der Waals surface area contributed by atoms with Crippen molar-refractivity contribution in [3.8, 4) is 0 Å². The highest BCUT2D eigenvalue weighted by Crippen LogP contribution is 2.52. The largest absolute Gasteiger partial charge is 0.273 e. The van der Waals surface area contributed by atoms with Crippen LogP contribution in [0, 0.1) is 17.7 Å². The van der Waals surface area contributed by atoms with Crippen LogP contribution in [0.3, 0.4) is 0 Å². The van der Waals surface area contributed by atoms with Gasteiger partial charge in [0.25, 0.3) is 0 Å². The lowest BCUT2D eigenvalue weighted by molar-refractivity contribution is -0.132. The van der Waals surface area contributed by atoms with Crippen molar-refractivity contribution in [3.63, 3.8) is 0 Å². The molecule has 26 heavy (non-hydrogen) atoms. The molecule has 1 radical (unpaired) electrons. The molecular formula is C20H15F2N2OS. The number of nitrogens with zero attached hydrogens (tertiary/aromatic N) is 2. The van der Waals surface area contributed by atoms with Gasteiger partial charge >= 0.3 is 0 Å². The molecule has 0 saturated carbocycles. The van der Waals surface area contributed by atoms with Crippen molar-refractivity contribution < 1.29 is 13.6 Å². The zero-order chi connectivity index (χ0) is 18.3. The minimum absolute atomic E-state index is 0.0665. The number of hydrazone groups is 1. The van der Waals surface area contributed by atoms with Crippen LogP contribution < -0.4 is 0 Å². The second-order valence-corrected chi connectivity index (χ2v) is 7.45. The maximum atomic E-state index is 14.3. The fraction of sp³-hybridized carbons (Fsp3) is 0.200. The Hall–Kier alpha value is -2.47. The topological polar surface area (TPSA) is 32.7 Å². The molecular weight excluding hydrogens is 354 g/mol. The van der Waals surface area contributed by atoms with Crippen LogP contribution in [0.2, 0.25) is 0 Å². The first-order valence-corrected chi connectivity index (χ1v) is 9.04. The molecule has 6 heteroatoms. The highest BCUT2D eigenvalue weighted by molar-refractivity contribution is 8.15. The average molecular weight is 369 g/mol. The van der Waals surface area contributed by atoms with Gasteiger partial charge in [0.05, 0.1) is 0 Å². The number of allylic oxidation sites excluding steroid dienone is 1. The fourth-order valence-electron chi connectivity index (χ4n) is 3.35. The van der Waals surface area contributed by atoms with Gasteiger partial charge < -0.3 is 0 Å². The third kappa shape index (κ3) is 2.65. The molecule has 0 aromatic heterocycles. The molecule has 1 amide bonds. The zero-order valence-electron chi connectivity index (χ0n) is 14.0. The van der Waals surface area contributed by atoms with Crippen molar-refractivity contribution in [1.29, 1.82) is 0 Å². The Labute approximate surface area is 154 Å². The van der Waals surface area contributed by atoms with Gasteiger partial charge in [0, 0.05) is 12.5 Å². The van der Waals surface area contributed by atoms with Crippen LogP contribution in [0.4, 0.5) is 8.78 Å². The van der Waals surface area contributed by atoms with Crippen LogP contribution in [0.1, 0.15) is 36.5 Å². The van der Waals surface area contributed by atoms with Gasteiger partial charge in [-0.25, -0.2) is 13.8 Å². The Kier molecular flexibility index (Phi) is 4.15. The number of rotatable bonds is 1. The lowest BCUT2D eigenvalue weighted by Gasteiger charge is -2.35. The Balaban J connectivity index is 1.87. The smallest absolute Gasteiger partial charge is 0.241 e.